The van der Waals surface area contributed by atoms with Crippen molar-refractivity contribution in [3.05, 3.63) is 63.6 Å². The molecule has 1 aliphatic heterocycles. The first kappa shape index (κ1) is 17.2. The van der Waals surface area contributed by atoms with Gasteiger partial charge in [-0.3, -0.25) is 19.8 Å². The monoisotopic (exact) mass is 343 g/mol. The normalized spacial score (nSPS) is 15.9. The number of nitrogens with one attached hydrogen (secondary N) is 1. The average molecular weight is 343 g/mol. The number of para-hydroxylation sites is 1. The van der Waals surface area contributed by atoms with Gasteiger partial charge in [0.15, 0.2) is 0 Å². The standard InChI is InChI=1S/C18H21N3O4/c1-13-8-9-17(25-13)16(20-10-4-5-11-20)12-19-18(22)14-6-2-3-7-15(14)21(23)24/h2-3,6-9,16H,4-5,10-12H2,1H3,(H,19,22). The highest BCUT2D eigenvalue weighted by molar-refractivity contribution is 5.98. The predicted octanol–water partition coefficient (Wildman–Crippen LogP) is 3.06. The van der Waals surface area contributed by atoms with Crippen molar-refractivity contribution in [3.63, 3.8) is 0 Å². The molecule has 1 fully saturated rings. The fraction of sp³-hybridized carbons (Fsp3) is 0.389. The van der Waals surface area contributed by atoms with E-state index in [4.69, 9.17) is 4.42 Å². The molecule has 1 aliphatic rings. The van der Waals surface area contributed by atoms with Crippen LogP contribution < -0.4 is 5.32 Å². The van der Waals surface area contributed by atoms with E-state index in [0.717, 1.165) is 37.5 Å². The smallest absolute Gasteiger partial charge is 0.282 e. The molecule has 0 saturated carbocycles. The number of amides is 1. The molecule has 2 heterocycles. The first-order chi connectivity index (χ1) is 12.1. The third-order valence-electron chi connectivity index (χ3n) is 4.47. The SMILES string of the molecule is Cc1ccc(C(CNC(=O)c2ccccc2[N+](=O)[O-])N2CCCC2)o1. The van der Waals surface area contributed by atoms with Crippen LogP contribution in [0.1, 0.15) is 40.8 Å². The minimum atomic E-state index is -0.539. The molecule has 25 heavy (non-hydrogen) atoms. The summed E-state index contributed by atoms with van der Waals surface area (Å²) in [6.45, 7) is 4.13. The third-order valence-corrected chi connectivity index (χ3v) is 4.47. The van der Waals surface area contributed by atoms with E-state index < -0.39 is 10.8 Å². The molecular weight excluding hydrogens is 322 g/mol. The summed E-state index contributed by atoms with van der Waals surface area (Å²) in [6, 6.07) is 9.74. The molecule has 2 aromatic rings. The van der Waals surface area contributed by atoms with Crippen LogP contribution in [-0.4, -0.2) is 35.4 Å². The highest BCUT2D eigenvalue weighted by Gasteiger charge is 2.27. The second kappa shape index (κ2) is 7.48. The molecular formula is C18H21N3O4. The lowest BCUT2D eigenvalue weighted by Crippen LogP contribution is -2.36. The van der Waals surface area contributed by atoms with Gasteiger partial charge in [0.2, 0.25) is 0 Å². The largest absolute Gasteiger partial charge is 0.465 e. The minimum Gasteiger partial charge on any atom is -0.465 e. The van der Waals surface area contributed by atoms with Crippen molar-refractivity contribution in [2.75, 3.05) is 19.6 Å². The van der Waals surface area contributed by atoms with Gasteiger partial charge in [-0.05, 0) is 51.1 Å². The Kier molecular flexibility index (Phi) is 5.14. The van der Waals surface area contributed by atoms with Crippen molar-refractivity contribution in [1.29, 1.82) is 0 Å². The number of furan rings is 1. The van der Waals surface area contributed by atoms with E-state index in [2.05, 4.69) is 10.2 Å². The molecule has 1 atom stereocenters. The lowest BCUT2D eigenvalue weighted by Gasteiger charge is -2.26. The number of nitrogens with zero attached hydrogens (tertiary/aromatic N) is 2. The molecule has 0 radical (unpaired) electrons. The number of benzene rings is 1. The Morgan fingerprint density at radius 1 is 1.28 bits per heavy atom. The molecule has 132 valence electrons. The molecule has 1 N–H and O–H groups in total. The van der Waals surface area contributed by atoms with Crippen molar-refractivity contribution in [2.45, 2.75) is 25.8 Å². The zero-order valence-electron chi connectivity index (χ0n) is 14.1. The topological polar surface area (TPSA) is 88.6 Å². The first-order valence-corrected chi connectivity index (χ1v) is 8.38. The van der Waals surface area contributed by atoms with E-state index in [0.29, 0.717) is 6.54 Å². The van der Waals surface area contributed by atoms with Crippen molar-refractivity contribution in [2.24, 2.45) is 0 Å². The number of hydrogen-bond acceptors (Lipinski definition) is 5. The van der Waals surface area contributed by atoms with E-state index in [1.165, 1.54) is 12.1 Å². The number of likely N-dealkylation sites (tertiary alicyclic amines) is 1. The van der Waals surface area contributed by atoms with Crippen LogP contribution in [-0.2, 0) is 0 Å². The summed E-state index contributed by atoms with van der Waals surface area (Å²) < 4.78 is 5.76. The van der Waals surface area contributed by atoms with E-state index in [-0.39, 0.29) is 17.3 Å². The van der Waals surface area contributed by atoms with Crippen molar-refractivity contribution >= 4 is 11.6 Å². The molecule has 1 aromatic heterocycles. The second-order valence-electron chi connectivity index (χ2n) is 6.19. The van der Waals surface area contributed by atoms with Gasteiger partial charge in [0, 0.05) is 12.6 Å². The average Bonchev–Trinajstić information content (AvgIpc) is 3.27. The summed E-state index contributed by atoms with van der Waals surface area (Å²) in [4.78, 5) is 25.3. The zero-order valence-corrected chi connectivity index (χ0v) is 14.1. The molecule has 3 rings (SSSR count). The molecule has 1 amide bonds. The first-order valence-electron chi connectivity index (χ1n) is 8.38. The van der Waals surface area contributed by atoms with Crippen LogP contribution in [0.2, 0.25) is 0 Å². The van der Waals surface area contributed by atoms with Gasteiger partial charge in [0.1, 0.15) is 17.1 Å². The zero-order chi connectivity index (χ0) is 17.8. The highest BCUT2D eigenvalue weighted by Crippen LogP contribution is 2.26. The third kappa shape index (κ3) is 3.88. The summed E-state index contributed by atoms with van der Waals surface area (Å²) in [5, 5.41) is 13.9. The second-order valence-corrected chi connectivity index (χ2v) is 6.19. The van der Waals surface area contributed by atoms with E-state index in [1.807, 2.05) is 19.1 Å². The Labute approximate surface area is 145 Å². The van der Waals surface area contributed by atoms with E-state index in [9.17, 15) is 14.9 Å². The quantitative estimate of drug-likeness (QED) is 0.643. The lowest BCUT2D eigenvalue weighted by atomic mass is 10.1. The predicted molar refractivity (Wildman–Crippen MR) is 92.4 cm³/mol. The van der Waals surface area contributed by atoms with Crippen LogP contribution in [0, 0.1) is 17.0 Å². The summed E-state index contributed by atoms with van der Waals surface area (Å²) in [7, 11) is 0. The van der Waals surface area contributed by atoms with Crippen LogP contribution in [0.15, 0.2) is 40.8 Å². The molecule has 0 bridgehead atoms. The molecule has 7 nitrogen and oxygen atoms in total. The molecule has 0 spiro atoms. The number of carbonyl (C=O) groups is 1. The number of carbonyl (C=O) groups excluding carboxylic acids is 1. The van der Waals surface area contributed by atoms with Gasteiger partial charge >= 0.3 is 0 Å². The molecule has 1 aromatic carbocycles. The number of rotatable bonds is 6. The highest BCUT2D eigenvalue weighted by atomic mass is 16.6. The maximum Gasteiger partial charge on any atom is 0.282 e. The summed E-state index contributed by atoms with van der Waals surface area (Å²) >= 11 is 0. The van der Waals surface area contributed by atoms with Gasteiger partial charge in [0.25, 0.3) is 11.6 Å². The van der Waals surface area contributed by atoms with Gasteiger partial charge in [-0.2, -0.15) is 0 Å². The summed E-state index contributed by atoms with van der Waals surface area (Å²) in [5.74, 6) is 1.19. The summed E-state index contributed by atoms with van der Waals surface area (Å²) in [6.07, 6.45) is 2.24. The van der Waals surface area contributed by atoms with Crippen molar-refractivity contribution in [3.8, 4) is 0 Å². The van der Waals surface area contributed by atoms with Crippen molar-refractivity contribution in [1.82, 2.24) is 10.2 Å². The van der Waals surface area contributed by atoms with Crippen LogP contribution in [0.3, 0.4) is 0 Å². The van der Waals surface area contributed by atoms with Gasteiger partial charge in [-0.1, -0.05) is 12.1 Å². The molecule has 1 unspecified atom stereocenters. The maximum absolute atomic E-state index is 12.5. The van der Waals surface area contributed by atoms with E-state index >= 15 is 0 Å². The van der Waals surface area contributed by atoms with Gasteiger partial charge in [-0.25, -0.2) is 0 Å². The van der Waals surface area contributed by atoms with Crippen molar-refractivity contribution < 1.29 is 14.1 Å². The van der Waals surface area contributed by atoms with Gasteiger partial charge in [0.05, 0.1) is 11.0 Å². The molecule has 1 saturated heterocycles. The lowest BCUT2D eigenvalue weighted by molar-refractivity contribution is -0.385. The van der Waals surface area contributed by atoms with Gasteiger partial charge < -0.3 is 9.73 Å². The van der Waals surface area contributed by atoms with Crippen LogP contribution in [0.4, 0.5) is 5.69 Å². The number of nitro groups is 1. The fourth-order valence-electron chi connectivity index (χ4n) is 3.20. The summed E-state index contributed by atoms with van der Waals surface area (Å²) in [5.41, 5.74) is -0.116. The Morgan fingerprint density at radius 3 is 2.64 bits per heavy atom. The Bertz CT molecular complexity index is 765. The fourth-order valence-corrected chi connectivity index (χ4v) is 3.20. The number of aryl methyl sites for hydroxylation is 1. The van der Waals surface area contributed by atoms with Gasteiger partial charge in [-0.15, -0.1) is 0 Å². The minimum absolute atomic E-state index is 0.0667. The Hall–Kier alpha value is -2.67. The van der Waals surface area contributed by atoms with Crippen LogP contribution in [0.25, 0.3) is 0 Å². The Morgan fingerprint density at radius 2 is 2.00 bits per heavy atom. The number of nitro benzene ring substituents is 1. The van der Waals surface area contributed by atoms with Crippen LogP contribution >= 0.6 is 0 Å². The van der Waals surface area contributed by atoms with E-state index in [1.54, 1.807) is 12.1 Å². The number of hydrogen-bond donors (Lipinski definition) is 1. The van der Waals surface area contributed by atoms with Crippen LogP contribution in [0.5, 0.6) is 0 Å². The molecule has 0 aliphatic carbocycles. The maximum atomic E-state index is 12.5. The Balaban J connectivity index is 1.75. The molecule has 7 heteroatoms.